The molecule has 2 amide bonds. The number of carbonyl (C=O) groups excluding carboxylic acids is 2. The van der Waals surface area contributed by atoms with E-state index in [1.165, 1.54) is 11.1 Å². The Morgan fingerprint density at radius 3 is 2.19 bits per heavy atom. The molecular weight excluding hydrogens is 388 g/mol. The second-order valence-corrected chi connectivity index (χ2v) is 7.92. The van der Waals surface area contributed by atoms with Crippen LogP contribution < -0.4 is 10.7 Å². The van der Waals surface area contributed by atoms with E-state index in [0.717, 1.165) is 33.8 Å². The Bertz CT molecular complexity index is 1190. The summed E-state index contributed by atoms with van der Waals surface area (Å²) in [6.07, 6.45) is 1.56. The second-order valence-electron chi connectivity index (χ2n) is 7.92. The number of benzene rings is 2. The number of hydrazone groups is 1. The van der Waals surface area contributed by atoms with E-state index in [4.69, 9.17) is 0 Å². The third-order valence-corrected chi connectivity index (χ3v) is 5.29. The van der Waals surface area contributed by atoms with Crippen LogP contribution in [0.2, 0.25) is 0 Å². The molecule has 0 atom stereocenters. The van der Waals surface area contributed by atoms with Crippen molar-refractivity contribution in [1.29, 1.82) is 0 Å². The minimum Gasteiger partial charge on any atom is -0.318 e. The van der Waals surface area contributed by atoms with Gasteiger partial charge >= 0.3 is 11.8 Å². The standard InChI is InChI=1S/C25H28N4O2/c1-15-7-9-17(3)22(11-15)27-24(30)25(31)28-26-14-21-13-19(5)29(20(21)6)23-12-16(2)8-10-18(23)4/h7-14H,1-6H3,(H,27,30)(H,28,31)/b26-14-. The highest BCUT2D eigenvalue weighted by Crippen LogP contribution is 2.23. The lowest BCUT2D eigenvalue weighted by Crippen LogP contribution is -2.32. The van der Waals surface area contributed by atoms with Gasteiger partial charge in [0.2, 0.25) is 0 Å². The summed E-state index contributed by atoms with van der Waals surface area (Å²) in [6, 6.07) is 14.0. The van der Waals surface area contributed by atoms with E-state index < -0.39 is 11.8 Å². The molecule has 0 aliphatic heterocycles. The lowest BCUT2D eigenvalue weighted by molar-refractivity contribution is -0.136. The molecule has 0 unspecified atom stereocenters. The number of hydrogen-bond acceptors (Lipinski definition) is 3. The highest BCUT2D eigenvalue weighted by Gasteiger charge is 2.15. The summed E-state index contributed by atoms with van der Waals surface area (Å²) in [6.45, 7) is 12.0. The number of hydrogen-bond donors (Lipinski definition) is 2. The van der Waals surface area contributed by atoms with Crippen molar-refractivity contribution in [2.75, 3.05) is 5.32 Å². The number of anilines is 1. The van der Waals surface area contributed by atoms with E-state index in [2.05, 4.69) is 52.5 Å². The minimum atomic E-state index is -0.819. The summed E-state index contributed by atoms with van der Waals surface area (Å²) in [5.74, 6) is -1.58. The summed E-state index contributed by atoms with van der Waals surface area (Å²) >= 11 is 0. The average Bonchev–Trinajstić information content (AvgIpc) is 2.99. The van der Waals surface area contributed by atoms with Gasteiger partial charge in [0.15, 0.2) is 0 Å². The average molecular weight is 417 g/mol. The van der Waals surface area contributed by atoms with E-state index in [1.807, 2.05) is 52.0 Å². The topological polar surface area (TPSA) is 75.5 Å². The van der Waals surface area contributed by atoms with Crippen LogP contribution in [0.3, 0.4) is 0 Å². The molecule has 0 radical (unpaired) electrons. The van der Waals surface area contributed by atoms with Crippen molar-refractivity contribution in [1.82, 2.24) is 9.99 Å². The maximum atomic E-state index is 12.2. The van der Waals surface area contributed by atoms with Gasteiger partial charge in [-0.05, 0) is 82.0 Å². The van der Waals surface area contributed by atoms with Crippen LogP contribution in [0.25, 0.3) is 5.69 Å². The largest absolute Gasteiger partial charge is 0.329 e. The van der Waals surface area contributed by atoms with Crippen LogP contribution in [0.1, 0.15) is 39.2 Å². The van der Waals surface area contributed by atoms with Crippen molar-refractivity contribution in [3.63, 3.8) is 0 Å². The molecule has 160 valence electrons. The van der Waals surface area contributed by atoms with Crippen molar-refractivity contribution in [2.24, 2.45) is 5.10 Å². The zero-order valence-electron chi connectivity index (χ0n) is 18.8. The van der Waals surface area contributed by atoms with E-state index >= 15 is 0 Å². The molecule has 0 aliphatic rings. The van der Waals surface area contributed by atoms with Crippen LogP contribution in [0.4, 0.5) is 5.69 Å². The van der Waals surface area contributed by atoms with Gasteiger partial charge in [0, 0.05) is 28.3 Å². The molecule has 0 fully saturated rings. The zero-order valence-corrected chi connectivity index (χ0v) is 18.8. The number of nitrogens with zero attached hydrogens (tertiary/aromatic N) is 2. The van der Waals surface area contributed by atoms with Gasteiger partial charge in [-0.1, -0.05) is 24.3 Å². The van der Waals surface area contributed by atoms with Gasteiger partial charge in [0.25, 0.3) is 0 Å². The third-order valence-electron chi connectivity index (χ3n) is 5.29. The van der Waals surface area contributed by atoms with Gasteiger partial charge in [0.1, 0.15) is 0 Å². The minimum absolute atomic E-state index is 0.612. The number of nitrogens with one attached hydrogen (secondary N) is 2. The van der Waals surface area contributed by atoms with E-state index in [1.54, 1.807) is 6.21 Å². The van der Waals surface area contributed by atoms with E-state index in [0.29, 0.717) is 5.69 Å². The molecule has 0 aliphatic carbocycles. The Kier molecular flexibility index (Phi) is 6.39. The summed E-state index contributed by atoms with van der Waals surface area (Å²) in [5, 5.41) is 6.62. The lowest BCUT2D eigenvalue weighted by atomic mass is 10.1. The first-order chi connectivity index (χ1) is 14.7. The SMILES string of the molecule is Cc1ccc(C)c(NC(=O)C(=O)N/N=C\c2cc(C)n(-c3cc(C)ccc3C)c2C)c1. The summed E-state index contributed by atoms with van der Waals surface area (Å²) < 4.78 is 2.17. The maximum absolute atomic E-state index is 12.2. The van der Waals surface area contributed by atoms with Gasteiger partial charge < -0.3 is 9.88 Å². The van der Waals surface area contributed by atoms with Gasteiger partial charge in [-0.2, -0.15) is 5.10 Å². The highest BCUT2D eigenvalue weighted by molar-refractivity contribution is 6.39. The number of aryl methyl sites for hydroxylation is 5. The monoisotopic (exact) mass is 416 g/mol. The van der Waals surface area contributed by atoms with Crippen LogP contribution in [-0.2, 0) is 9.59 Å². The van der Waals surface area contributed by atoms with Crippen molar-refractivity contribution in [2.45, 2.75) is 41.5 Å². The molecule has 0 bridgehead atoms. The molecule has 3 aromatic rings. The van der Waals surface area contributed by atoms with Crippen molar-refractivity contribution in [3.8, 4) is 5.69 Å². The summed E-state index contributed by atoms with van der Waals surface area (Å²) in [4.78, 5) is 24.3. The normalized spacial score (nSPS) is 11.0. The van der Waals surface area contributed by atoms with Crippen LogP contribution >= 0.6 is 0 Å². The molecular formula is C25H28N4O2. The molecule has 1 heterocycles. The van der Waals surface area contributed by atoms with Crippen LogP contribution in [0.15, 0.2) is 47.6 Å². The smallest absolute Gasteiger partial charge is 0.318 e. The highest BCUT2D eigenvalue weighted by atomic mass is 16.2. The maximum Gasteiger partial charge on any atom is 0.329 e. The summed E-state index contributed by atoms with van der Waals surface area (Å²) in [7, 11) is 0. The fourth-order valence-corrected chi connectivity index (χ4v) is 3.51. The quantitative estimate of drug-likeness (QED) is 0.375. The van der Waals surface area contributed by atoms with Gasteiger partial charge in [-0.3, -0.25) is 9.59 Å². The first-order valence-electron chi connectivity index (χ1n) is 10.2. The van der Waals surface area contributed by atoms with E-state index in [-0.39, 0.29) is 0 Å². The lowest BCUT2D eigenvalue weighted by Gasteiger charge is -2.13. The molecule has 31 heavy (non-hydrogen) atoms. The molecule has 1 aromatic heterocycles. The third kappa shape index (κ3) is 4.91. The molecule has 0 saturated carbocycles. The Balaban J connectivity index is 1.72. The Morgan fingerprint density at radius 2 is 1.48 bits per heavy atom. The molecule has 2 aromatic carbocycles. The Hall–Kier alpha value is -3.67. The Morgan fingerprint density at radius 1 is 0.839 bits per heavy atom. The van der Waals surface area contributed by atoms with E-state index in [9.17, 15) is 9.59 Å². The van der Waals surface area contributed by atoms with Crippen molar-refractivity contribution in [3.05, 3.63) is 81.7 Å². The molecule has 0 saturated heterocycles. The van der Waals surface area contributed by atoms with Crippen molar-refractivity contribution < 1.29 is 9.59 Å². The number of carbonyl (C=O) groups is 2. The number of rotatable bonds is 4. The Labute approximate surface area is 183 Å². The number of aromatic nitrogens is 1. The summed E-state index contributed by atoms with van der Waals surface area (Å²) in [5.41, 5.74) is 11.2. The second kappa shape index (κ2) is 9.00. The number of amides is 2. The zero-order chi connectivity index (χ0) is 22.7. The fourth-order valence-electron chi connectivity index (χ4n) is 3.51. The first-order valence-corrected chi connectivity index (χ1v) is 10.2. The van der Waals surface area contributed by atoms with Gasteiger partial charge in [0.05, 0.1) is 6.21 Å². The predicted octanol–water partition coefficient (Wildman–Crippen LogP) is 4.42. The van der Waals surface area contributed by atoms with Gasteiger partial charge in [-0.15, -0.1) is 0 Å². The van der Waals surface area contributed by atoms with Crippen LogP contribution in [0.5, 0.6) is 0 Å². The molecule has 3 rings (SSSR count). The molecule has 6 nitrogen and oxygen atoms in total. The molecule has 0 spiro atoms. The fraction of sp³-hybridized carbons (Fsp3) is 0.240. The van der Waals surface area contributed by atoms with Crippen molar-refractivity contribution >= 4 is 23.7 Å². The van der Waals surface area contributed by atoms with Gasteiger partial charge in [-0.25, -0.2) is 5.43 Å². The molecule has 6 heteroatoms. The predicted molar refractivity (Wildman–Crippen MR) is 125 cm³/mol. The first kappa shape index (κ1) is 22.0. The molecule has 2 N–H and O–H groups in total. The van der Waals surface area contributed by atoms with Crippen LogP contribution in [0, 0.1) is 41.5 Å². The van der Waals surface area contributed by atoms with Crippen LogP contribution in [-0.4, -0.2) is 22.6 Å².